The minimum atomic E-state index is -4.49. The summed E-state index contributed by atoms with van der Waals surface area (Å²) in [5.41, 5.74) is 1.69. The van der Waals surface area contributed by atoms with Crippen molar-refractivity contribution in [1.82, 2.24) is 24.8 Å². The average molecular weight is 470 g/mol. The highest BCUT2D eigenvalue weighted by molar-refractivity contribution is 5.99. The van der Waals surface area contributed by atoms with Crippen molar-refractivity contribution < 1.29 is 18.0 Å². The van der Waals surface area contributed by atoms with Gasteiger partial charge in [-0.2, -0.15) is 13.2 Å². The number of hydrogen-bond acceptors (Lipinski definition) is 6. The summed E-state index contributed by atoms with van der Waals surface area (Å²) in [5, 5.41) is 3.00. The largest absolute Gasteiger partial charge is 0.419 e. The van der Waals surface area contributed by atoms with Gasteiger partial charge in [0.1, 0.15) is 5.69 Å². The highest BCUT2D eigenvalue weighted by Gasteiger charge is 2.34. The van der Waals surface area contributed by atoms with E-state index in [1.54, 1.807) is 17.3 Å². The molecular weight excluding hydrogens is 445 g/mol. The van der Waals surface area contributed by atoms with Gasteiger partial charge in [0, 0.05) is 54.7 Å². The van der Waals surface area contributed by atoms with Gasteiger partial charge < -0.3 is 10.2 Å². The number of amides is 1. The Bertz CT molecular complexity index is 1140. The van der Waals surface area contributed by atoms with Crippen LogP contribution in [0.3, 0.4) is 0 Å². The highest BCUT2D eigenvalue weighted by atomic mass is 19.4. The topological polar surface area (TPSA) is 83.9 Å². The smallest absolute Gasteiger partial charge is 0.352 e. The summed E-state index contributed by atoms with van der Waals surface area (Å²) in [6.07, 6.45) is 2.16. The lowest BCUT2D eigenvalue weighted by atomic mass is 9.90. The molecule has 1 N–H and O–H groups in total. The number of alkyl halides is 3. The molecule has 1 saturated heterocycles. The third-order valence-electron chi connectivity index (χ3n) is 6.03. The van der Waals surface area contributed by atoms with Crippen molar-refractivity contribution in [2.24, 2.45) is 5.92 Å². The van der Waals surface area contributed by atoms with Gasteiger partial charge in [0.15, 0.2) is 0 Å². The third-order valence-corrected chi connectivity index (χ3v) is 6.03. The van der Waals surface area contributed by atoms with E-state index in [0.717, 1.165) is 36.5 Å². The SMILES string of the molecule is Cc1ccc(-c2cccnc2)c(C(=O)N2CCC[C@@H](C)[C@H]2CNc2ncc(C(F)(F)F)cn2)n1. The molecule has 10 heteroatoms. The second-order valence-corrected chi connectivity index (χ2v) is 8.45. The Morgan fingerprint density at radius 1 is 1.18 bits per heavy atom. The van der Waals surface area contributed by atoms with Crippen LogP contribution in [0.25, 0.3) is 11.1 Å². The number of hydrogen-bond donors (Lipinski definition) is 1. The van der Waals surface area contributed by atoms with Gasteiger partial charge in [-0.1, -0.05) is 19.1 Å². The molecule has 0 unspecified atom stereocenters. The molecule has 34 heavy (non-hydrogen) atoms. The fourth-order valence-electron chi connectivity index (χ4n) is 4.18. The molecule has 1 aliphatic rings. The Hall–Kier alpha value is -3.56. The summed E-state index contributed by atoms with van der Waals surface area (Å²) in [4.78, 5) is 31.8. The minimum absolute atomic E-state index is 0.0860. The molecule has 0 bridgehead atoms. The summed E-state index contributed by atoms with van der Waals surface area (Å²) in [7, 11) is 0. The van der Waals surface area contributed by atoms with E-state index in [4.69, 9.17) is 0 Å². The third kappa shape index (κ3) is 5.16. The van der Waals surface area contributed by atoms with Crippen LogP contribution in [0.15, 0.2) is 49.1 Å². The Kier molecular flexibility index (Phi) is 6.76. The second kappa shape index (κ2) is 9.74. The lowest BCUT2D eigenvalue weighted by molar-refractivity contribution is -0.138. The van der Waals surface area contributed by atoms with E-state index in [9.17, 15) is 18.0 Å². The second-order valence-electron chi connectivity index (χ2n) is 8.45. The molecule has 1 aliphatic heterocycles. The van der Waals surface area contributed by atoms with Crippen LogP contribution in [0.4, 0.5) is 19.1 Å². The van der Waals surface area contributed by atoms with Crippen LogP contribution >= 0.6 is 0 Å². The number of likely N-dealkylation sites (tertiary alicyclic amines) is 1. The Balaban J connectivity index is 1.57. The summed E-state index contributed by atoms with van der Waals surface area (Å²) in [6.45, 7) is 4.77. The van der Waals surface area contributed by atoms with Gasteiger partial charge in [-0.3, -0.25) is 9.78 Å². The van der Waals surface area contributed by atoms with Crippen LogP contribution in [0.5, 0.6) is 0 Å². The molecule has 0 saturated carbocycles. The van der Waals surface area contributed by atoms with Crippen LogP contribution in [0.1, 0.15) is 41.5 Å². The first-order valence-electron chi connectivity index (χ1n) is 11.1. The van der Waals surface area contributed by atoms with Gasteiger partial charge in [-0.25, -0.2) is 15.0 Å². The Labute approximate surface area is 195 Å². The lowest BCUT2D eigenvalue weighted by Gasteiger charge is -2.40. The standard InChI is InChI=1S/C24H25F3N6O/c1-15-5-4-10-33(20(15)14-31-23-29-12-18(13-30-23)24(25,26)27)22(34)21-19(8-7-16(2)32-21)17-6-3-9-28-11-17/h3,6-9,11-13,15,20H,4-5,10,14H2,1-2H3,(H,29,30,31)/t15-,20-/m1/s1. The summed E-state index contributed by atoms with van der Waals surface area (Å²) < 4.78 is 38.3. The molecule has 4 heterocycles. The molecular formula is C24H25F3N6O. The van der Waals surface area contributed by atoms with Crippen molar-refractivity contribution in [3.05, 3.63) is 66.0 Å². The molecule has 1 amide bonds. The van der Waals surface area contributed by atoms with E-state index < -0.39 is 11.7 Å². The van der Waals surface area contributed by atoms with Gasteiger partial charge >= 0.3 is 6.18 Å². The zero-order chi connectivity index (χ0) is 24.3. The molecule has 3 aromatic heterocycles. The first-order chi connectivity index (χ1) is 16.2. The van der Waals surface area contributed by atoms with Crippen molar-refractivity contribution in [2.45, 2.75) is 38.9 Å². The summed E-state index contributed by atoms with van der Waals surface area (Å²) in [5.74, 6) is 0.0726. The number of piperidine rings is 1. The maximum Gasteiger partial charge on any atom is 0.419 e. The molecule has 4 rings (SSSR count). The van der Waals surface area contributed by atoms with Crippen molar-refractivity contribution in [2.75, 3.05) is 18.4 Å². The predicted molar refractivity (Wildman–Crippen MR) is 121 cm³/mol. The van der Waals surface area contributed by atoms with Gasteiger partial charge in [0.25, 0.3) is 5.91 Å². The molecule has 178 valence electrons. The molecule has 7 nitrogen and oxygen atoms in total. The van der Waals surface area contributed by atoms with Crippen LogP contribution < -0.4 is 5.32 Å². The lowest BCUT2D eigenvalue weighted by Crippen LogP contribution is -2.51. The predicted octanol–water partition coefficient (Wildman–Crippen LogP) is 4.61. The number of carbonyl (C=O) groups excluding carboxylic acids is 1. The van der Waals surface area contributed by atoms with E-state index in [-0.39, 0.29) is 23.8 Å². The van der Waals surface area contributed by atoms with E-state index >= 15 is 0 Å². The monoisotopic (exact) mass is 470 g/mol. The van der Waals surface area contributed by atoms with E-state index in [1.807, 2.05) is 31.2 Å². The molecule has 0 radical (unpaired) electrons. The summed E-state index contributed by atoms with van der Waals surface area (Å²) in [6, 6.07) is 7.23. The molecule has 0 aliphatic carbocycles. The molecule has 0 aromatic carbocycles. The first-order valence-corrected chi connectivity index (χ1v) is 11.1. The number of anilines is 1. The van der Waals surface area contributed by atoms with E-state index in [0.29, 0.717) is 24.3 Å². The van der Waals surface area contributed by atoms with Crippen LogP contribution in [0, 0.1) is 12.8 Å². The fraction of sp³-hybridized carbons (Fsp3) is 0.375. The number of rotatable bonds is 5. The molecule has 0 spiro atoms. The van der Waals surface area contributed by atoms with Crippen molar-refractivity contribution in [3.63, 3.8) is 0 Å². The number of aromatic nitrogens is 4. The molecule has 3 aromatic rings. The molecule has 1 fully saturated rings. The first kappa shape index (κ1) is 23.6. The van der Waals surface area contributed by atoms with Gasteiger partial charge in [-0.15, -0.1) is 0 Å². The number of aryl methyl sites for hydroxylation is 1. The van der Waals surface area contributed by atoms with Crippen molar-refractivity contribution in [3.8, 4) is 11.1 Å². The van der Waals surface area contributed by atoms with Crippen LogP contribution in [0.2, 0.25) is 0 Å². The zero-order valence-corrected chi connectivity index (χ0v) is 18.9. The van der Waals surface area contributed by atoms with E-state index in [1.165, 1.54) is 0 Å². The summed E-state index contributed by atoms with van der Waals surface area (Å²) >= 11 is 0. The van der Waals surface area contributed by atoms with Gasteiger partial charge in [0.05, 0.1) is 11.6 Å². The average Bonchev–Trinajstić information content (AvgIpc) is 2.83. The quantitative estimate of drug-likeness (QED) is 0.586. The number of nitrogens with zero attached hydrogens (tertiary/aromatic N) is 5. The fourth-order valence-corrected chi connectivity index (χ4v) is 4.18. The van der Waals surface area contributed by atoms with Crippen LogP contribution in [-0.4, -0.2) is 49.9 Å². The van der Waals surface area contributed by atoms with Crippen LogP contribution in [-0.2, 0) is 6.18 Å². The normalized spacial score (nSPS) is 18.6. The maximum atomic E-state index is 13.7. The van der Waals surface area contributed by atoms with Gasteiger partial charge in [0.2, 0.25) is 5.95 Å². The van der Waals surface area contributed by atoms with E-state index in [2.05, 4.69) is 32.2 Å². The number of nitrogens with one attached hydrogen (secondary N) is 1. The number of carbonyl (C=O) groups is 1. The Morgan fingerprint density at radius 2 is 1.94 bits per heavy atom. The maximum absolute atomic E-state index is 13.7. The van der Waals surface area contributed by atoms with Crippen molar-refractivity contribution >= 4 is 11.9 Å². The van der Waals surface area contributed by atoms with Crippen molar-refractivity contribution in [1.29, 1.82) is 0 Å². The molecule has 2 atom stereocenters. The minimum Gasteiger partial charge on any atom is -0.352 e. The number of pyridine rings is 2. The Morgan fingerprint density at radius 3 is 2.62 bits per heavy atom. The number of halogens is 3. The van der Waals surface area contributed by atoms with Gasteiger partial charge in [-0.05, 0) is 37.8 Å². The highest BCUT2D eigenvalue weighted by Crippen LogP contribution is 2.30. The zero-order valence-electron chi connectivity index (χ0n) is 18.9.